The summed E-state index contributed by atoms with van der Waals surface area (Å²) >= 11 is 0. The number of esters is 1. The minimum Gasteiger partial charge on any atom is -0.463 e. The van der Waals surface area contributed by atoms with Crippen LogP contribution in [0.4, 0.5) is 0 Å². The normalized spacial score (nSPS) is 19.5. The van der Waals surface area contributed by atoms with E-state index in [2.05, 4.69) is 45.9 Å². The number of hydrogen-bond donors (Lipinski definition) is 0. The first-order valence-corrected chi connectivity index (χ1v) is 8.18. The second-order valence-corrected chi connectivity index (χ2v) is 7.61. The lowest BCUT2D eigenvalue weighted by molar-refractivity contribution is -0.137. The Bertz CT molecular complexity index is 606. The molecule has 0 saturated carbocycles. The second kappa shape index (κ2) is 5.91. The Balaban J connectivity index is 2.44. The largest absolute Gasteiger partial charge is 0.463 e. The van der Waals surface area contributed by atoms with Crippen molar-refractivity contribution in [3.8, 4) is 0 Å². The molecule has 1 aliphatic carbocycles. The SMILES string of the molecule is CCOC(=O)/C=C(\C)c1ccc2c(c1)C(C)(C)CCC2(C)C. The van der Waals surface area contributed by atoms with E-state index in [9.17, 15) is 4.79 Å². The van der Waals surface area contributed by atoms with E-state index >= 15 is 0 Å². The molecule has 0 aliphatic heterocycles. The first-order chi connectivity index (χ1) is 10.2. The van der Waals surface area contributed by atoms with E-state index in [1.165, 1.54) is 24.0 Å². The van der Waals surface area contributed by atoms with E-state index in [1.807, 2.05) is 13.8 Å². The van der Waals surface area contributed by atoms with E-state index in [0.29, 0.717) is 6.61 Å². The summed E-state index contributed by atoms with van der Waals surface area (Å²) in [5.41, 5.74) is 5.33. The molecule has 0 saturated heterocycles. The van der Waals surface area contributed by atoms with Crippen LogP contribution in [0.25, 0.3) is 5.57 Å². The molecule has 0 fully saturated rings. The third-order valence-corrected chi connectivity index (χ3v) is 4.93. The van der Waals surface area contributed by atoms with Crippen LogP contribution in [0.5, 0.6) is 0 Å². The van der Waals surface area contributed by atoms with Gasteiger partial charge in [0.2, 0.25) is 0 Å². The third-order valence-electron chi connectivity index (χ3n) is 4.93. The smallest absolute Gasteiger partial charge is 0.331 e. The lowest BCUT2D eigenvalue weighted by Gasteiger charge is -2.42. The minimum absolute atomic E-state index is 0.186. The molecule has 0 aromatic heterocycles. The Kier molecular flexibility index (Phi) is 4.51. The highest BCUT2D eigenvalue weighted by molar-refractivity contribution is 5.91. The van der Waals surface area contributed by atoms with E-state index in [-0.39, 0.29) is 16.8 Å². The summed E-state index contributed by atoms with van der Waals surface area (Å²) in [7, 11) is 0. The zero-order valence-electron chi connectivity index (χ0n) is 14.7. The van der Waals surface area contributed by atoms with Crippen molar-refractivity contribution in [3.63, 3.8) is 0 Å². The molecular weight excluding hydrogens is 272 g/mol. The fraction of sp³-hybridized carbons (Fsp3) is 0.550. The number of rotatable bonds is 3. The molecule has 1 aromatic carbocycles. The summed E-state index contributed by atoms with van der Waals surface area (Å²) in [6.45, 7) is 13.5. The van der Waals surface area contributed by atoms with Gasteiger partial charge in [0.25, 0.3) is 0 Å². The van der Waals surface area contributed by atoms with E-state index in [4.69, 9.17) is 4.74 Å². The number of carbonyl (C=O) groups is 1. The van der Waals surface area contributed by atoms with Gasteiger partial charge in [-0.1, -0.05) is 45.9 Å². The third kappa shape index (κ3) is 3.26. The van der Waals surface area contributed by atoms with E-state index in [0.717, 1.165) is 11.1 Å². The van der Waals surface area contributed by atoms with E-state index < -0.39 is 0 Å². The van der Waals surface area contributed by atoms with Crippen molar-refractivity contribution in [1.82, 2.24) is 0 Å². The van der Waals surface area contributed by atoms with Crippen molar-refractivity contribution in [2.75, 3.05) is 6.61 Å². The highest BCUT2D eigenvalue weighted by atomic mass is 16.5. The van der Waals surface area contributed by atoms with Gasteiger partial charge in [-0.2, -0.15) is 0 Å². The van der Waals surface area contributed by atoms with Crippen molar-refractivity contribution in [2.24, 2.45) is 0 Å². The summed E-state index contributed by atoms with van der Waals surface area (Å²) in [4.78, 5) is 11.6. The predicted octanol–water partition coefficient (Wildman–Crippen LogP) is 5.00. The van der Waals surface area contributed by atoms with Crippen molar-refractivity contribution in [2.45, 2.75) is 65.2 Å². The van der Waals surface area contributed by atoms with Crippen LogP contribution in [0.15, 0.2) is 24.3 Å². The van der Waals surface area contributed by atoms with Gasteiger partial charge in [-0.05, 0) is 59.8 Å². The average molecular weight is 300 g/mol. The Morgan fingerprint density at radius 1 is 1.14 bits per heavy atom. The van der Waals surface area contributed by atoms with Crippen LogP contribution in [-0.4, -0.2) is 12.6 Å². The fourth-order valence-electron chi connectivity index (χ4n) is 3.28. The number of carbonyl (C=O) groups excluding carboxylic acids is 1. The van der Waals surface area contributed by atoms with Crippen LogP contribution < -0.4 is 0 Å². The molecule has 0 bridgehead atoms. The van der Waals surface area contributed by atoms with Gasteiger partial charge in [-0.25, -0.2) is 4.79 Å². The van der Waals surface area contributed by atoms with Crippen LogP contribution in [0, 0.1) is 0 Å². The Morgan fingerprint density at radius 3 is 2.32 bits per heavy atom. The van der Waals surface area contributed by atoms with Crippen LogP contribution in [0.1, 0.15) is 71.1 Å². The maximum absolute atomic E-state index is 11.6. The molecule has 2 heteroatoms. The van der Waals surface area contributed by atoms with Crippen molar-refractivity contribution in [3.05, 3.63) is 41.0 Å². The molecule has 22 heavy (non-hydrogen) atoms. The standard InChI is InChI=1S/C20H28O2/c1-7-22-18(21)12-14(2)15-8-9-16-17(13-15)20(5,6)11-10-19(16,3)4/h8-9,12-13H,7,10-11H2,1-6H3/b14-12+. The predicted molar refractivity (Wildman–Crippen MR) is 92.0 cm³/mol. The van der Waals surface area contributed by atoms with E-state index in [1.54, 1.807) is 6.08 Å². The number of ether oxygens (including phenoxy) is 1. The molecule has 2 nitrogen and oxygen atoms in total. The van der Waals surface area contributed by atoms with Crippen molar-refractivity contribution in [1.29, 1.82) is 0 Å². The maximum atomic E-state index is 11.6. The lowest BCUT2D eigenvalue weighted by atomic mass is 9.63. The van der Waals surface area contributed by atoms with Gasteiger partial charge >= 0.3 is 5.97 Å². The fourth-order valence-corrected chi connectivity index (χ4v) is 3.28. The molecule has 0 radical (unpaired) electrons. The average Bonchev–Trinajstić information content (AvgIpc) is 2.44. The molecule has 0 heterocycles. The molecule has 0 unspecified atom stereocenters. The van der Waals surface area contributed by atoms with Gasteiger partial charge in [0.1, 0.15) is 0 Å². The Hall–Kier alpha value is -1.57. The number of fused-ring (bicyclic) bond motifs is 1. The molecule has 120 valence electrons. The minimum atomic E-state index is -0.266. The molecular formula is C20H28O2. The molecule has 1 aromatic rings. The quantitative estimate of drug-likeness (QED) is 0.580. The molecule has 1 aliphatic rings. The maximum Gasteiger partial charge on any atom is 0.331 e. The zero-order chi connectivity index (χ0) is 16.5. The van der Waals surface area contributed by atoms with Gasteiger partial charge < -0.3 is 4.74 Å². The molecule has 2 rings (SSSR count). The highest BCUT2D eigenvalue weighted by Crippen LogP contribution is 2.46. The van der Waals surface area contributed by atoms with Crippen LogP contribution in [0.2, 0.25) is 0 Å². The first kappa shape index (κ1) is 16.8. The van der Waals surface area contributed by atoms with Crippen LogP contribution in [-0.2, 0) is 20.4 Å². The van der Waals surface area contributed by atoms with Gasteiger partial charge in [-0.3, -0.25) is 0 Å². The molecule has 0 amide bonds. The summed E-state index contributed by atoms with van der Waals surface area (Å²) in [5, 5.41) is 0. The van der Waals surface area contributed by atoms with Gasteiger partial charge in [-0.15, -0.1) is 0 Å². The van der Waals surface area contributed by atoms with Crippen molar-refractivity contribution < 1.29 is 9.53 Å². The van der Waals surface area contributed by atoms with Crippen LogP contribution >= 0.6 is 0 Å². The van der Waals surface area contributed by atoms with Gasteiger partial charge in [0.05, 0.1) is 6.61 Å². The monoisotopic (exact) mass is 300 g/mol. The topological polar surface area (TPSA) is 26.3 Å². The second-order valence-electron chi connectivity index (χ2n) is 7.61. The number of benzene rings is 1. The molecule has 0 N–H and O–H groups in total. The summed E-state index contributed by atoms with van der Waals surface area (Å²) < 4.78 is 5.01. The number of allylic oxidation sites excluding steroid dienone is 1. The highest BCUT2D eigenvalue weighted by Gasteiger charge is 2.36. The van der Waals surface area contributed by atoms with Crippen molar-refractivity contribution >= 4 is 11.5 Å². The zero-order valence-corrected chi connectivity index (χ0v) is 14.7. The molecule has 0 spiro atoms. The summed E-state index contributed by atoms with van der Waals surface area (Å²) in [6.07, 6.45) is 3.99. The Morgan fingerprint density at radius 2 is 1.73 bits per heavy atom. The first-order valence-electron chi connectivity index (χ1n) is 8.18. The number of hydrogen-bond acceptors (Lipinski definition) is 2. The summed E-state index contributed by atoms with van der Waals surface area (Å²) in [5.74, 6) is -0.266. The van der Waals surface area contributed by atoms with Gasteiger partial charge in [0, 0.05) is 6.08 Å². The van der Waals surface area contributed by atoms with Crippen LogP contribution in [0.3, 0.4) is 0 Å². The molecule has 0 atom stereocenters. The Labute approximate surface area is 134 Å². The summed E-state index contributed by atoms with van der Waals surface area (Å²) in [6, 6.07) is 6.64. The van der Waals surface area contributed by atoms with Gasteiger partial charge in [0.15, 0.2) is 0 Å². The lowest BCUT2D eigenvalue weighted by Crippen LogP contribution is -2.33.